The van der Waals surface area contributed by atoms with Crippen LogP contribution in [0.5, 0.6) is 0 Å². The molecule has 0 aliphatic carbocycles. The molecule has 64 valence electrons. The van der Waals surface area contributed by atoms with Crippen molar-refractivity contribution < 1.29 is 4.79 Å². The van der Waals surface area contributed by atoms with Crippen LogP contribution < -0.4 is 0 Å². The van der Waals surface area contributed by atoms with Crippen molar-refractivity contribution in [1.29, 1.82) is 0 Å². The minimum absolute atomic E-state index is 0.252. The second-order valence-electron chi connectivity index (χ2n) is 3.00. The fraction of sp³-hybridized carbons (Fsp3) is 0.875. The van der Waals surface area contributed by atoms with E-state index in [1.165, 1.54) is 0 Å². The van der Waals surface area contributed by atoms with Gasteiger partial charge in [-0.15, -0.1) is 11.6 Å². The summed E-state index contributed by atoms with van der Waals surface area (Å²) < 4.78 is 0. The molecule has 1 aliphatic heterocycles. The van der Waals surface area contributed by atoms with Crippen molar-refractivity contribution in [2.45, 2.75) is 26.2 Å². The van der Waals surface area contributed by atoms with Crippen LogP contribution in [-0.2, 0) is 4.79 Å². The van der Waals surface area contributed by atoms with E-state index < -0.39 is 0 Å². The van der Waals surface area contributed by atoms with Crippen LogP contribution in [0.1, 0.15) is 26.2 Å². The molecule has 3 heteroatoms. The van der Waals surface area contributed by atoms with Crippen LogP contribution >= 0.6 is 11.6 Å². The molecular formula is C8H14ClNO. The minimum Gasteiger partial charge on any atom is -0.329 e. The number of amides is 1. The largest absolute Gasteiger partial charge is 0.329 e. The fourth-order valence-corrected chi connectivity index (χ4v) is 1.78. The molecule has 1 aliphatic rings. The minimum atomic E-state index is 0.252. The van der Waals surface area contributed by atoms with Crippen molar-refractivity contribution in [2.24, 2.45) is 5.92 Å². The van der Waals surface area contributed by atoms with E-state index in [4.69, 9.17) is 11.6 Å². The number of hydrogen-bond acceptors (Lipinski definition) is 1. The molecule has 0 aromatic rings. The summed E-state index contributed by atoms with van der Waals surface area (Å²) in [4.78, 5) is 13.1. The van der Waals surface area contributed by atoms with E-state index in [-0.39, 0.29) is 11.8 Å². The van der Waals surface area contributed by atoms with E-state index in [1.807, 2.05) is 0 Å². The van der Waals surface area contributed by atoms with Gasteiger partial charge in [-0.05, 0) is 12.8 Å². The number of likely N-dealkylation sites (tertiary alicyclic amines) is 1. The molecule has 0 N–H and O–H groups in total. The molecule has 1 heterocycles. The van der Waals surface area contributed by atoms with Gasteiger partial charge in [0.2, 0.25) is 5.91 Å². The third kappa shape index (κ3) is 1.86. The highest BCUT2D eigenvalue weighted by atomic mass is 35.5. The lowest BCUT2D eigenvalue weighted by molar-refractivity contribution is -0.130. The molecule has 0 aromatic heterocycles. The summed E-state index contributed by atoms with van der Waals surface area (Å²) in [5.74, 6) is 0.514. The maximum absolute atomic E-state index is 11.4. The normalized spacial score (nSPS) is 24.7. The fourth-order valence-electron chi connectivity index (χ4n) is 1.54. The molecule has 0 bridgehead atoms. The van der Waals surface area contributed by atoms with E-state index in [1.54, 1.807) is 4.90 Å². The average Bonchev–Trinajstić information content (AvgIpc) is 2.34. The Bertz CT molecular complexity index is 149. The third-order valence-corrected chi connectivity index (χ3v) is 2.48. The Morgan fingerprint density at radius 3 is 2.91 bits per heavy atom. The van der Waals surface area contributed by atoms with Gasteiger partial charge in [-0.2, -0.15) is 0 Å². The SMILES string of the molecule is CCCC1CCN(CCl)C1=O. The van der Waals surface area contributed by atoms with Gasteiger partial charge < -0.3 is 4.90 Å². The zero-order valence-electron chi connectivity index (χ0n) is 6.85. The summed E-state index contributed by atoms with van der Waals surface area (Å²) in [5, 5.41) is 0. The average molecular weight is 176 g/mol. The van der Waals surface area contributed by atoms with Crippen molar-refractivity contribution in [2.75, 3.05) is 12.5 Å². The maximum Gasteiger partial charge on any atom is 0.226 e. The Kier molecular flexibility index (Phi) is 3.18. The zero-order valence-corrected chi connectivity index (χ0v) is 7.60. The van der Waals surface area contributed by atoms with Crippen LogP contribution in [0, 0.1) is 5.92 Å². The number of carbonyl (C=O) groups is 1. The standard InChI is InChI=1S/C8H14ClNO/c1-2-3-7-4-5-10(6-9)8(7)11/h7H,2-6H2,1H3. The highest BCUT2D eigenvalue weighted by molar-refractivity contribution is 6.18. The monoisotopic (exact) mass is 175 g/mol. The summed E-state index contributed by atoms with van der Waals surface area (Å²) >= 11 is 5.57. The molecule has 0 spiro atoms. The van der Waals surface area contributed by atoms with Gasteiger partial charge in [0.05, 0.1) is 6.00 Å². The van der Waals surface area contributed by atoms with Crippen molar-refractivity contribution in [3.8, 4) is 0 Å². The third-order valence-electron chi connectivity index (χ3n) is 2.19. The van der Waals surface area contributed by atoms with E-state index >= 15 is 0 Å². The molecule has 0 saturated carbocycles. The molecule has 1 fully saturated rings. The van der Waals surface area contributed by atoms with Gasteiger partial charge >= 0.3 is 0 Å². The lowest BCUT2D eigenvalue weighted by Gasteiger charge is -2.11. The molecule has 1 unspecified atom stereocenters. The van der Waals surface area contributed by atoms with Crippen LogP contribution in [-0.4, -0.2) is 23.4 Å². The van der Waals surface area contributed by atoms with Gasteiger partial charge in [0.25, 0.3) is 0 Å². The smallest absolute Gasteiger partial charge is 0.226 e. The molecule has 0 aromatic carbocycles. The molecule has 1 atom stereocenters. The van der Waals surface area contributed by atoms with E-state index in [2.05, 4.69) is 6.92 Å². The quantitative estimate of drug-likeness (QED) is 0.474. The van der Waals surface area contributed by atoms with Gasteiger partial charge in [0.15, 0.2) is 0 Å². The number of carbonyl (C=O) groups excluding carboxylic acids is 1. The van der Waals surface area contributed by atoms with Crippen LogP contribution in [0.2, 0.25) is 0 Å². The Morgan fingerprint density at radius 2 is 2.45 bits per heavy atom. The number of alkyl halides is 1. The summed E-state index contributed by atoms with van der Waals surface area (Å²) in [6.07, 6.45) is 3.11. The van der Waals surface area contributed by atoms with Crippen molar-refractivity contribution in [3.05, 3.63) is 0 Å². The Hall–Kier alpha value is -0.240. The summed E-state index contributed by atoms with van der Waals surface area (Å²) in [6.45, 7) is 2.96. The van der Waals surface area contributed by atoms with E-state index in [0.29, 0.717) is 6.00 Å². The van der Waals surface area contributed by atoms with E-state index in [9.17, 15) is 4.79 Å². The van der Waals surface area contributed by atoms with Crippen LogP contribution in [0.3, 0.4) is 0 Å². The second-order valence-corrected chi connectivity index (χ2v) is 3.23. The first kappa shape index (κ1) is 8.85. The van der Waals surface area contributed by atoms with Gasteiger partial charge in [0, 0.05) is 12.5 Å². The molecule has 2 nitrogen and oxygen atoms in total. The number of nitrogens with zero attached hydrogens (tertiary/aromatic N) is 1. The molecule has 11 heavy (non-hydrogen) atoms. The summed E-state index contributed by atoms with van der Waals surface area (Å²) in [7, 11) is 0. The summed E-state index contributed by atoms with van der Waals surface area (Å²) in [6, 6.07) is 0.360. The topological polar surface area (TPSA) is 20.3 Å². The number of hydrogen-bond donors (Lipinski definition) is 0. The number of halogens is 1. The predicted molar refractivity (Wildman–Crippen MR) is 45.4 cm³/mol. The van der Waals surface area contributed by atoms with Gasteiger partial charge in [-0.3, -0.25) is 4.79 Å². The van der Waals surface area contributed by atoms with Crippen molar-refractivity contribution in [3.63, 3.8) is 0 Å². The first-order valence-electron chi connectivity index (χ1n) is 4.14. The van der Waals surface area contributed by atoms with Crippen LogP contribution in [0.25, 0.3) is 0 Å². The number of rotatable bonds is 3. The highest BCUT2D eigenvalue weighted by Gasteiger charge is 2.29. The Labute approximate surface area is 72.5 Å². The lowest BCUT2D eigenvalue weighted by Crippen LogP contribution is -2.25. The molecule has 1 saturated heterocycles. The van der Waals surface area contributed by atoms with Crippen LogP contribution in [0.15, 0.2) is 0 Å². The van der Waals surface area contributed by atoms with Crippen LogP contribution in [0.4, 0.5) is 0 Å². The predicted octanol–water partition coefficient (Wildman–Crippen LogP) is 1.83. The van der Waals surface area contributed by atoms with Crippen molar-refractivity contribution >= 4 is 17.5 Å². The lowest BCUT2D eigenvalue weighted by atomic mass is 10.0. The van der Waals surface area contributed by atoms with Gasteiger partial charge in [0.1, 0.15) is 0 Å². The van der Waals surface area contributed by atoms with Gasteiger partial charge in [-0.1, -0.05) is 13.3 Å². The van der Waals surface area contributed by atoms with Gasteiger partial charge in [-0.25, -0.2) is 0 Å². The summed E-state index contributed by atoms with van der Waals surface area (Å²) in [5.41, 5.74) is 0. The highest BCUT2D eigenvalue weighted by Crippen LogP contribution is 2.22. The molecule has 0 radical (unpaired) electrons. The molecular weight excluding hydrogens is 162 g/mol. The van der Waals surface area contributed by atoms with Crippen molar-refractivity contribution in [1.82, 2.24) is 4.90 Å². The first-order chi connectivity index (χ1) is 5.29. The Morgan fingerprint density at radius 1 is 1.73 bits per heavy atom. The van der Waals surface area contributed by atoms with E-state index in [0.717, 1.165) is 25.8 Å². The molecule has 1 amide bonds. The molecule has 1 rings (SSSR count). The maximum atomic E-state index is 11.4. The zero-order chi connectivity index (χ0) is 8.27. The first-order valence-corrected chi connectivity index (χ1v) is 4.67. The Balaban J connectivity index is 2.42. The second kappa shape index (κ2) is 3.96.